The number of piperazine rings is 1. The molecular weight excluding hydrogens is 172 g/mol. The van der Waals surface area contributed by atoms with Gasteiger partial charge in [-0.3, -0.25) is 19.3 Å². The summed E-state index contributed by atoms with van der Waals surface area (Å²) < 4.78 is 0. The van der Waals surface area contributed by atoms with E-state index in [1.54, 1.807) is 0 Å². The van der Waals surface area contributed by atoms with Crippen LogP contribution in [0.15, 0.2) is 0 Å². The van der Waals surface area contributed by atoms with E-state index in [-0.39, 0.29) is 0 Å². The third-order valence-corrected chi connectivity index (χ3v) is 1.96. The molecule has 1 rings (SSSR count). The molecule has 1 saturated heterocycles. The van der Waals surface area contributed by atoms with Gasteiger partial charge < -0.3 is 4.90 Å². The molecule has 72 valence electrons. The summed E-state index contributed by atoms with van der Waals surface area (Å²) in [6, 6.07) is 0. The van der Waals surface area contributed by atoms with Crippen molar-refractivity contribution in [3.05, 3.63) is 0 Å². The van der Waals surface area contributed by atoms with Gasteiger partial charge in [-0.25, -0.2) is 0 Å². The molecule has 1 aliphatic heterocycles. The lowest BCUT2D eigenvalue weighted by Crippen LogP contribution is -2.53. The van der Waals surface area contributed by atoms with E-state index in [2.05, 4.69) is 0 Å². The smallest absolute Gasteiger partial charge is 0.318 e. The fourth-order valence-electron chi connectivity index (χ4n) is 1.27. The van der Waals surface area contributed by atoms with E-state index in [9.17, 15) is 14.4 Å². The molecule has 0 spiro atoms. The van der Waals surface area contributed by atoms with E-state index >= 15 is 0 Å². The van der Waals surface area contributed by atoms with Gasteiger partial charge in [-0.2, -0.15) is 0 Å². The zero-order valence-corrected chi connectivity index (χ0v) is 7.52. The van der Waals surface area contributed by atoms with E-state index in [0.717, 1.165) is 11.3 Å². The van der Waals surface area contributed by atoms with Gasteiger partial charge in [-0.15, -0.1) is 0 Å². The normalized spacial score (nSPS) is 17.9. The molecule has 0 radical (unpaired) electrons. The second kappa shape index (κ2) is 4.02. The van der Waals surface area contributed by atoms with E-state index < -0.39 is 11.8 Å². The predicted octanol–water partition coefficient (Wildman–Crippen LogP) is -0.776. The maximum absolute atomic E-state index is 11.3. The highest BCUT2D eigenvalue weighted by Gasteiger charge is 2.31. The van der Waals surface area contributed by atoms with Gasteiger partial charge in [-0.1, -0.05) is 6.92 Å². The number of rotatable bonds is 3. The Kier molecular flexibility index (Phi) is 3.00. The molecule has 0 aromatic heterocycles. The molecule has 0 unspecified atom stereocenters. The standard InChI is InChI=1S/C8H12N2O3/c1-2-3-9-4-5-10(6-11)8(13)7(9)12/h6H,2-5H2,1H3. The highest BCUT2D eigenvalue weighted by molar-refractivity contribution is 6.37. The summed E-state index contributed by atoms with van der Waals surface area (Å²) in [5, 5.41) is 0. The number of amides is 3. The Labute approximate surface area is 76.3 Å². The first-order valence-corrected chi connectivity index (χ1v) is 4.26. The van der Waals surface area contributed by atoms with Crippen molar-refractivity contribution in [2.75, 3.05) is 19.6 Å². The van der Waals surface area contributed by atoms with Gasteiger partial charge in [0.05, 0.1) is 0 Å². The summed E-state index contributed by atoms with van der Waals surface area (Å²) in [7, 11) is 0. The minimum atomic E-state index is -0.713. The number of carbonyl (C=O) groups is 3. The van der Waals surface area contributed by atoms with Gasteiger partial charge in [0.1, 0.15) is 0 Å². The second-order valence-corrected chi connectivity index (χ2v) is 2.90. The SMILES string of the molecule is CCCN1CCN(C=O)C(=O)C1=O. The van der Waals surface area contributed by atoms with Crippen LogP contribution in [0.1, 0.15) is 13.3 Å². The Bertz CT molecular complexity index is 240. The lowest BCUT2D eigenvalue weighted by molar-refractivity contribution is -0.158. The van der Waals surface area contributed by atoms with Gasteiger partial charge in [0.25, 0.3) is 0 Å². The average Bonchev–Trinajstić information content (AvgIpc) is 2.14. The quantitative estimate of drug-likeness (QED) is 0.427. The van der Waals surface area contributed by atoms with Gasteiger partial charge in [-0.05, 0) is 6.42 Å². The molecule has 0 saturated carbocycles. The fraction of sp³-hybridized carbons (Fsp3) is 0.625. The summed E-state index contributed by atoms with van der Waals surface area (Å²) in [5.74, 6) is -1.28. The van der Waals surface area contributed by atoms with Crippen LogP contribution in [-0.4, -0.2) is 47.7 Å². The van der Waals surface area contributed by atoms with Crippen LogP contribution in [0.4, 0.5) is 0 Å². The van der Waals surface area contributed by atoms with E-state index in [1.165, 1.54) is 4.90 Å². The van der Waals surface area contributed by atoms with Gasteiger partial charge in [0.2, 0.25) is 6.41 Å². The fourth-order valence-corrected chi connectivity index (χ4v) is 1.27. The van der Waals surface area contributed by atoms with E-state index in [0.29, 0.717) is 26.0 Å². The molecule has 13 heavy (non-hydrogen) atoms. The molecule has 1 aliphatic rings. The van der Waals surface area contributed by atoms with Crippen molar-refractivity contribution in [2.45, 2.75) is 13.3 Å². The molecule has 5 nitrogen and oxygen atoms in total. The van der Waals surface area contributed by atoms with Crippen LogP contribution in [0.25, 0.3) is 0 Å². The Morgan fingerprint density at radius 1 is 1.31 bits per heavy atom. The lowest BCUT2D eigenvalue weighted by atomic mass is 10.3. The molecule has 0 atom stereocenters. The first-order valence-electron chi connectivity index (χ1n) is 4.26. The van der Waals surface area contributed by atoms with Gasteiger partial charge in [0, 0.05) is 19.6 Å². The Hall–Kier alpha value is -1.39. The van der Waals surface area contributed by atoms with Crippen molar-refractivity contribution >= 4 is 18.2 Å². The van der Waals surface area contributed by atoms with Crippen LogP contribution in [-0.2, 0) is 14.4 Å². The number of hydrogen-bond donors (Lipinski definition) is 0. The van der Waals surface area contributed by atoms with Crippen LogP contribution in [0.3, 0.4) is 0 Å². The van der Waals surface area contributed by atoms with Crippen molar-refractivity contribution in [2.24, 2.45) is 0 Å². The van der Waals surface area contributed by atoms with Gasteiger partial charge in [0.15, 0.2) is 0 Å². The molecule has 5 heteroatoms. The molecule has 0 aromatic carbocycles. The molecular formula is C8H12N2O3. The molecule has 1 fully saturated rings. The summed E-state index contributed by atoms with van der Waals surface area (Å²) in [4.78, 5) is 35.1. The molecule has 0 aromatic rings. The minimum Gasteiger partial charge on any atom is -0.333 e. The third-order valence-electron chi connectivity index (χ3n) is 1.96. The summed E-state index contributed by atoms with van der Waals surface area (Å²) in [6.45, 7) is 3.28. The Balaban J connectivity index is 2.64. The average molecular weight is 184 g/mol. The van der Waals surface area contributed by atoms with Crippen LogP contribution >= 0.6 is 0 Å². The topological polar surface area (TPSA) is 57.7 Å². The minimum absolute atomic E-state index is 0.314. The van der Waals surface area contributed by atoms with Gasteiger partial charge >= 0.3 is 11.8 Å². The summed E-state index contributed by atoms with van der Waals surface area (Å²) in [5.41, 5.74) is 0. The molecule has 1 heterocycles. The number of nitrogens with zero attached hydrogens (tertiary/aromatic N) is 2. The number of imide groups is 1. The maximum atomic E-state index is 11.3. The maximum Gasteiger partial charge on any atom is 0.318 e. The van der Waals surface area contributed by atoms with Crippen LogP contribution < -0.4 is 0 Å². The van der Waals surface area contributed by atoms with Crippen LogP contribution in [0.5, 0.6) is 0 Å². The highest BCUT2D eigenvalue weighted by atomic mass is 16.2. The molecule has 3 amide bonds. The summed E-state index contributed by atoms with van der Waals surface area (Å²) >= 11 is 0. The Morgan fingerprint density at radius 3 is 2.54 bits per heavy atom. The van der Waals surface area contributed by atoms with Crippen molar-refractivity contribution in [3.8, 4) is 0 Å². The number of hydrogen-bond acceptors (Lipinski definition) is 3. The van der Waals surface area contributed by atoms with Crippen molar-refractivity contribution in [3.63, 3.8) is 0 Å². The number of carbonyl (C=O) groups excluding carboxylic acids is 3. The van der Waals surface area contributed by atoms with E-state index in [4.69, 9.17) is 0 Å². The summed E-state index contributed by atoms with van der Waals surface area (Å²) in [6.07, 6.45) is 1.23. The highest BCUT2D eigenvalue weighted by Crippen LogP contribution is 2.03. The lowest BCUT2D eigenvalue weighted by Gasteiger charge is -2.30. The van der Waals surface area contributed by atoms with Crippen molar-refractivity contribution in [1.82, 2.24) is 9.80 Å². The van der Waals surface area contributed by atoms with Crippen LogP contribution in [0.2, 0.25) is 0 Å². The first-order chi connectivity index (χ1) is 6.20. The predicted molar refractivity (Wildman–Crippen MR) is 44.6 cm³/mol. The monoisotopic (exact) mass is 184 g/mol. The third kappa shape index (κ3) is 1.85. The van der Waals surface area contributed by atoms with Crippen LogP contribution in [0, 0.1) is 0 Å². The second-order valence-electron chi connectivity index (χ2n) is 2.90. The largest absolute Gasteiger partial charge is 0.333 e. The molecule has 0 aliphatic carbocycles. The molecule has 0 bridgehead atoms. The Morgan fingerprint density at radius 2 is 2.00 bits per heavy atom. The first kappa shape index (κ1) is 9.70. The molecule has 0 N–H and O–H groups in total. The zero-order valence-electron chi connectivity index (χ0n) is 7.52. The van der Waals surface area contributed by atoms with Crippen molar-refractivity contribution in [1.29, 1.82) is 0 Å². The zero-order chi connectivity index (χ0) is 9.84. The van der Waals surface area contributed by atoms with Crippen molar-refractivity contribution < 1.29 is 14.4 Å². The van der Waals surface area contributed by atoms with E-state index in [1.807, 2.05) is 6.92 Å².